The summed E-state index contributed by atoms with van der Waals surface area (Å²) in [4.78, 5) is 2.46. The highest BCUT2D eigenvalue weighted by Crippen LogP contribution is 2.58. The molecule has 1 radical (unpaired) electrons. The van der Waals surface area contributed by atoms with E-state index in [0.29, 0.717) is 6.04 Å². The van der Waals surface area contributed by atoms with E-state index < -0.39 is 5.60 Å². The Morgan fingerprint density at radius 2 is 1.33 bits per heavy atom. The van der Waals surface area contributed by atoms with E-state index in [9.17, 15) is 0 Å². The van der Waals surface area contributed by atoms with Gasteiger partial charge in [0.15, 0.2) is 0 Å². The van der Waals surface area contributed by atoms with Crippen LogP contribution in [-0.2, 0) is 10.3 Å². The first-order valence-corrected chi connectivity index (χ1v) is 9.71. The highest BCUT2D eigenvalue weighted by Gasteiger charge is 2.63. The topological polar surface area (TPSA) is 12.5 Å². The fourth-order valence-corrected chi connectivity index (χ4v) is 5.11. The number of benzene rings is 3. The van der Waals surface area contributed by atoms with Crippen LogP contribution in [-0.4, -0.2) is 18.0 Å². The average Bonchev–Trinajstić information content (AvgIpc) is 3.23. The zero-order valence-electron chi connectivity index (χ0n) is 15.6. The molecule has 2 aliphatic rings. The summed E-state index contributed by atoms with van der Waals surface area (Å²) in [6, 6.07) is 32.5. The molecule has 0 spiro atoms. The highest BCUT2D eigenvalue weighted by atomic mass is 16.5. The summed E-state index contributed by atoms with van der Waals surface area (Å²) in [5.74, 6) is 0. The molecule has 0 saturated carbocycles. The smallest absolute Gasteiger partial charge is 0.400 e. The Kier molecular flexibility index (Phi) is 3.96. The summed E-state index contributed by atoms with van der Waals surface area (Å²) in [5.41, 5.74) is 3.14. The summed E-state index contributed by atoms with van der Waals surface area (Å²) in [6.07, 6.45) is 2.20. The van der Waals surface area contributed by atoms with Gasteiger partial charge in [0, 0.05) is 11.6 Å². The van der Waals surface area contributed by atoms with Crippen molar-refractivity contribution in [1.82, 2.24) is 4.81 Å². The quantitative estimate of drug-likeness (QED) is 0.609. The molecule has 2 nitrogen and oxygen atoms in total. The molecule has 2 unspecified atom stereocenters. The van der Waals surface area contributed by atoms with E-state index in [1.807, 2.05) is 7.62 Å². The van der Waals surface area contributed by atoms with Crippen molar-refractivity contribution in [2.45, 2.75) is 36.9 Å². The molecule has 133 valence electrons. The van der Waals surface area contributed by atoms with E-state index in [0.717, 1.165) is 12.8 Å². The van der Waals surface area contributed by atoms with Crippen molar-refractivity contribution >= 4 is 7.62 Å². The third-order valence-electron chi connectivity index (χ3n) is 6.46. The first-order valence-electron chi connectivity index (χ1n) is 9.71. The fraction of sp³-hybridized carbons (Fsp3) is 0.250. The molecule has 2 saturated heterocycles. The summed E-state index contributed by atoms with van der Waals surface area (Å²) < 4.78 is 6.64. The molecule has 0 N–H and O–H groups in total. The average molecular weight is 352 g/mol. The number of rotatable bonds is 3. The van der Waals surface area contributed by atoms with Crippen LogP contribution in [0.5, 0.6) is 0 Å². The Balaban J connectivity index is 1.66. The van der Waals surface area contributed by atoms with E-state index in [-0.39, 0.29) is 5.54 Å². The van der Waals surface area contributed by atoms with E-state index >= 15 is 0 Å². The number of fused-ring (bicyclic) bond motifs is 1. The van der Waals surface area contributed by atoms with Crippen LogP contribution < -0.4 is 0 Å². The van der Waals surface area contributed by atoms with Crippen LogP contribution in [0.2, 0.25) is 0 Å². The molecule has 3 heteroatoms. The number of nitrogens with zero attached hydrogens (tertiary/aromatic N) is 1. The lowest BCUT2D eigenvalue weighted by Crippen LogP contribution is -2.52. The van der Waals surface area contributed by atoms with Crippen LogP contribution in [0.15, 0.2) is 91.0 Å². The van der Waals surface area contributed by atoms with Gasteiger partial charge in [-0.3, -0.25) is 0 Å². The Labute approximate surface area is 162 Å². The predicted molar refractivity (Wildman–Crippen MR) is 109 cm³/mol. The number of hydrogen-bond acceptors (Lipinski definition) is 2. The van der Waals surface area contributed by atoms with Gasteiger partial charge in [-0.1, -0.05) is 91.0 Å². The fourth-order valence-electron chi connectivity index (χ4n) is 5.11. The van der Waals surface area contributed by atoms with Crippen molar-refractivity contribution in [1.29, 1.82) is 0 Å². The van der Waals surface area contributed by atoms with Gasteiger partial charge in [-0.2, -0.15) is 0 Å². The molecule has 0 bridgehead atoms. The summed E-state index contributed by atoms with van der Waals surface area (Å²) >= 11 is 0. The van der Waals surface area contributed by atoms with Gasteiger partial charge in [0.1, 0.15) is 5.60 Å². The van der Waals surface area contributed by atoms with Crippen LogP contribution >= 0.6 is 0 Å². The van der Waals surface area contributed by atoms with E-state index in [1.165, 1.54) is 16.7 Å². The molecular weight excluding hydrogens is 329 g/mol. The molecule has 2 atom stereocenters. The third-order valence-corrected chi connectivity index (χ3v) is 6.46. The zero-order valence-corrected chi connectivity index (χ0v) is 15.6. The van der Waals surface area contributed by atoms with Crippen molar-refractivity contribution in [3.8, 4) is 0 Å². The molecule has 2 heterocycles. The highest BCUT2D eigenvalue weighted by molar-refractivity contribution is 6.26. The van der Waals surface area contributed by atoms with E-state index in [1.54, 1.807) is 0 Å². The van der Waals surface area contributed by atoms with Crippen LogP contribution in [0.3, 0.4) is 0 Å². The molecule has 0 aromatic heterocycles. The molecule has 2 fully saturated rings. The van der Waals surface area contributed by atoms with Crippen molar-refractivity contribution in [3.05, 3.63) is 108 Å². The number of hydrogen-bond donors (Lipinski definition) is 0. The third kappa shape index (κ3) is 2.35. The van der Waals surface area contributed by atoms with Gasteiger partial charge in [0.25, 0.3) is 0 Å². The molecule has 0 aliphatic carbocycles. The lowest BCUT2D eigenvalue weighted by molar-refractivity contribution is 0.0437. The van der Waals surface area contributed by atoms with Gasteiger partial charge >= 0.3 is 7.62 Å². The van der Waals surface area contributed by atoms with Gasteiger partial charge in [0.05, 0.1) is 0 Å². The molecule has 3 aromatic rings. The van der Waals surface area contributed by atoms with Crippen LogP contribution in [0.25, 0.3) is 0 Å². The monoisotopic (exact) mass is 352 g/mol. The summed E-state index contributed by atoms with van der Waals surface area (Å²) in [6.45, 7) is 2.36. The molecule has 3 aromatic carbocycles. The van der Waals surface area contributed by atoms with Gasteiger partial charge < -0.3 is 9.47 Å². The van der Waals surface area contributed by atoms with Gasteiger partial charge in [-0.05, 0) is 36.5 Å². The van der Waals surface area contributed by atoms with Gasteiger partial charge in [0.2, 0.25) is 0 Å². The molecule has 5 rings (SSSR count). The lowest BCUT2D eigenvalue weighted by Gasteiger charge is -2.45. The second-order valence-corrected chi connectivity index (χ2v) is 7.78. The first-order chi connectivity index (χ1) is 13.3. The molecular formula is C24H23BNO. The summed E-state index contributed by atoms with van der Waals surface area (Å²) in [7, 11) is 1.99. The maximum atomic E-state index is 6.64. The van der Waals surface area contributed by atoms with Crippen LogP contribution in [0.1, 0.15) is 42.5 Å². The van der Waals surface area contributed by atoms with E-state index in [2.05, 4.69) is 103 Å². The van der Waals surface area contributed by atoms with Crippen LogP contribution in [0.4, 0.5) is 0 Å². The zero-order chi connectivity index (χ0) is 18.3. The standard InChI is InChI=1S/C24H23BNO/c1-23-18-17-22(19-11-5-2-6-12-19)26(23)25-27-24(23,20-13-7-3-8-14-20)21-15-9-4-10-16-21/h2-16,22H,17-18H2,1H3. The SMILES string of the molecule is CC12CCC(c3ccccc3)N1[B]OC2(c1ccccc1)c1ccccc1. The van der Waals surface area contributed by atoms with E-state index in [4.69, 9.17) is 4.65 Å². The van der Waals surface area contributed by atoms with Gasteiger partial charge in [-0.25, -0.2) is 0 Å². The van der Waals surface area contributed by atoms with Crippen molar-refractivity contribution in [3.63, 3.8) is 0 Å². The maximum Gasteiger partial charge on any atom is 0.400 e. The molecule has 2 aliphatic heterocycles. The summed E-state index contributed by atoms with van der Waals surface area (Å²) in [5, 5.41) is 0. The Hall–Kier alpha value is -2.36. The first kappa shape index (κ1) is 16.8. The largest absolute Gasteiger partial charge is 0.409 e. The second-order valence-electron chi connectivity index (χ2n) is 7.78. The minimum Gasteiger partial charge on any atom is -0.409 e. The van der Waals surface area contributed by atoms with Gasteiger partial charge in [-0.15, -0.1) is 0 Å². The minimum absolute atomic E-state index is 0.143. The normalized spacial score (nSPS) is 26.5. The Morgan fingerprint density at radius 1 is 0.815 bits per heavy atom. The predicted octanol–water partition coefficient (Wildman–Crippen LogP) is 5.09. The molecule has 27 heavy (non-hydrogen) atoms. The maximum absolute atomic E-state index is 6.64. The van der Waals surface area contributed by atoms with Crippen molar-refractivity contribution in [2.24, 2.45) is 0 Å². The Bertz CT molecular complexity index is 875. The lowest BCUT2D eigenvalue weighted by atomic mass is 9.71. The molecule has 0 amide bonds. The minimum atomic E-state index is -0.501. The Morgan fingerprint density at radius 3 is 1.89 bits per heavy atom. The van der Waals surface area contributed by atoms with Crippen LogP contribution in [0, 0.1) is 0 Å². The van der Waals surface area contributed by atoms with Crippen molar-refractivity contribution < 1.29 is 4.65 Å². The second kappa shape index (κ2) is 6.37. The van der Waals surface area contributed by atoms with Crippen molar-refractivity contribution in [2.75, 3.05) is 0 Å².